The summed E-state index contributed by atoms with van der Waals surface area (Å²) in [6, 6.07) is 15.6. The lowest BCUT2D eigenvalue weighted by molar-refractivity contribution is 0.0943. The predicted octanol–water partition coefficient (Wildman–Crippen LogP) is 3.01. The van der Waals surface area contributed by atoms with Crippen molar-refractivity contribution in [2.24, 2.45) is 0 Å². The lowest BCUT2D eigenvalue weighted by Crippen LogP contribution is -2.29. The average molecular weight is 372 g/mol. The third kappa shape index (κ3) is 4.34. The Bertz CT molecular complexity index is 987. The molecule has 3 aromatic rings. The Morgan fingerprint density at radius 2 is 1.81 bits per heavy atom. The number of rotatable bonds is 5. The second-order valence-corrected chi connectivity index (χ2v) is 6.02. The van der Waals surface area contributed by atoms with Crippen molar-refractivity contribution >= 4 is 17.5 Å². The van der Waals surface area contributed by atoms with E-state index in [0.717, 1.165) is 10.2 Å². The van der Waals surface area contributed by atoms with E-state index in [4.69, 9.17) is 11.6 Å². The van der Waals surface area contributed by atoms with Gasteiger partial charge < -0.3 is 5.32 Å². The molecular weight excluding hydrogens is 357 g/mol. The predicted molar refractivity (Wildman–Crippen MR) is 96.6 cm³/mol. The van der Waals surface area contributed by atoms with Crippen molar-refractivity contribution in [3.05, 3.63) is 98.7 Å². The zero-order chi connectivity index (χ0) is 18.5. The highest BCUT2D eigenvalue weighted by atomic mass is 35.5. The summed E-state index contributed by atoms with van der Waals surface area (Å²) in [7, 11) is 0. The van der Waals surface area contributed by atoms with Gasteiger partial charge in [0.2, 0.25) is 0 Å². The molecule has 5 nitrogen and oxygen atoms in total. The number of benzene rings is 2. The van der Waals surface area contributed by atoms with Gasteiger partial charge in [0.15, 0.2) is 0 Å². The van der Waals surface area contributed by atoms with Crippen LogP contribution in [-0.2, 0) is 13.1 Å². The second kappa shape index (κ2) is 7.93. The van der Waals surface area contributed by atoms with E-state index in [2.05, 4.69) is 10.4 Å². The number of amides is 1. The highest BCUT2D eigenvalue weighted by Crippen LogP contribution is 2.14. The van der Waals surface area contributed by atoms with Crippen LogP contribution < -0.4 is 10.9 Å². The van der Waals surface area contributed by atoms with Gasteiger partial charge in [0, 0.05) is 17.6 Å². The van der Waals surface area contributed by atoms with Crippen molar-refractivity contribution in [3.63, 3.8) is 0 Å². The molecule has 0 saturated carbocycles. The Morgan fingerprint density at radius 1 is 1.08 bits per heavy atom. The van der Waals surface area contributed by atoms with Crippen LogP contribution in [0.3, 0.4) is 0 Å². The van der Waals surface area contributed by atoms with Crippen LogP contribution in [0.5, 0.6) is 0 Å². The van der Waals surface area contributed by atoms with E-state index in [9.17, 15) is 14.0 Å². The molecule has 0 aliphatic heterocycles. The van der Waals surface area contributed by atoms with Crippen LogP contribution in [0.2, 0.25) is 5.02 Å². The molecule has 0 fully saturated rings. The van der Waals surface area contributed by atoms with E-state index in [1.54, 1.807) is 24.3 Å². The quantitative estimate of drug-likeness (QED) is 0.749. The third-order valence-electron chi connectivity index (χ3n) is 3.74. The molecular formula is C19H15ClFN3O2. The highest BCUT2D eigenvalue weighted by Gasteiger charge is 2.10. The fourth-order valence-corrected chi connectivity index (χ4v) is 2.56. The molecule has 3 rings (SSSR count). The lowest BCUT2D eigenvalue weighted by Gasteiger charge is -2.09. The van der Waals surface area contributed by atoms with Gasteiger partial charge in [0.05, 0.1) is 6.54 Å². The monoisotopic (exact) mass is 371 g/mol. The number of carbonyl (C=O) groups is 1. The first-order valence-corrected chi connectivity index (χ1v) is 8.25. The number of aromatic nitrogens is 2. The molecule has 2 aromatic carbocycles. The summed E-state index contributed by atoms with van der Waals surface area (Å²) in [6.45, 7) is 0.391. The number of nitrogens with zero attached hydrogens (tertiary/aromatic N) is 2. The number of hydrogen-bond donors (Lipinski definition) is 1. The van der Waals surface area contributed by atoms with Gasteiger partial charge in [-0.1, -0.05) is 41.9 Å². The van der Waals surface area contributed by atoms with Crippen LogP contribution in [0, 0.1) is 5.82 Å². The first-order chi connectivity index (χ1) is 12.5. The van der Waals surface area contributed by atoms with Gasteiger partial charge in [-0.15, -0.1) is 0 Å². The molecule has 0 saturated heterocycles. The topological polar surface area (TPSA) is 64.0 Å². The molecule has 26 heavy (non-hydrogen) atoms. The first kappa shape index (κ1) is 17.8. The molecule has 0 atom stereocenters. The average Bonchev–Trinajstić information content (AvgIpc) is 2.64. The third-order valence-corrected chi connectivity index (χ3v) is 4.11. The largest absolute Gasteiger partial charge is 0.347 e. The molecule has 1 aromatic heterocycles. The van der Waals surface area contributed by atoms with Crippen molar-refractivity contribution in [3.8, 4) is 0 Å². The fourth-order valence-electron chi connectivity index (χ4n) is 2.35. The van der Waals surface area contributed by atoms with E-state index in [0.29, 0.717) is 10.6 Å². The van der Waals surface area contributed by atoms with E-state index in [-0.39, 0.29) is 30.2 Å². The Kier molecular flexibility index (Phi) is 5.43. The minimum atomic E-state index is -0.419. The highest BCUT2D eigenvalue weighted by molar-refractivity contribution is 6.31. The maximum absolute atomic E-state index is 13.0. The maximum atomic E-state index is 13.0. The van der Waals surface area contributed by atoms with Crippen molar-refractivity contribution < 1.29 is 9.18 Å². The van der Waals surface area contributed by atoms with Crippen LogP contribution in [0.25, 0.3) is 0 Å². The van der Waals surface area contributed by atoms with Crippen LogP contribution in [0.4, 0.5) is 4.39 Å². The molecule has 0 spiro atoms. The van der Waals surface area contributed by atoms with Crippen LogP contribution in [-0.4, -0.2) is 15.7 Å². The zero-order valence-electron chi connectivity index (χ0n) is 13.7. The van der Waals surface area contributed by atoms with Gasteiger partial charge in [-0.3, -0.25) is 9.59 Å². The molecule has 0 bridgehead atoms. The SMILES string of the molecule is O=C(NCc1ccccc1Cl)c1ccc(=O)n(Cc2ccc(F)cc2)n1. The number of carbonyl (C=O) groups excluding carboxylic acids is 1. The van der Waals surface area contributed by atoms with E-state index in [1.807, 2.05) is 12.1 Å². The molecule has 0 aliphatic carbocycles. The Labute approximate surface area is 154 Å². The Balaban J connectivity index is 1.74. The molecule has 132 valence electrons. The Hall–Kier alpha value is -2.99. The van der Waals surface area contributed by atoms with Crippen molar-refractivity contribution in [1.82, 2.24) is 15.1 Å². The molecule has 7 heteroatoms. The summed E-state index contributed by atoms with van der Waals surface area (Å²) in [5.41, 5.74) is 1.24. The van der Waals surface area contributed by atoms with Gasteiger partial charge >= 0.3 is 0 Å². The van der Waals surface area contributed by atoms with Gasteiger partial charge in [0.1, 0.15) is 11.5 Å². The summed E-state index contributed by atoms with van der Waals surface area (Å²) in [4.78, 5) is 24.3. The molecule has 1 amide bonds. The summed E-state index contributed by atoms with van der Waals surface area (Å²) < 4.78 is 14.1. The van der Waals surface area contributed by atoms with Gasteiger partial charge in [-0.2, -0.15) is 5.10 Å². The molecule has 1 heterocycles. The summed E-state index contributed by atoms with van der Waals surface area (Å²) >= 11 is 6.06. The molecule has 0 unspecified atom stereocenters. The van der Waals surface area contributed by atoms with Crippen LogP contribution in [0.15, 0.2) is 65.5 Å². The van der Waals surface area contributed by atoms with E-state index in [1.165, 1.54) is 24.3 Å². The summed E-state index contributed by atoms with van der Waals surface area (Å²) in [5.74, 6) is -0.778. The normalized spacial score (nSPS) is 10.5. The lowest BCUT2D eigenvalue weighted by atomic mass is 10.2. The molecule has 1 N–H and O–H groups in total. The van der Waals surface area contributed by atoms with Crippen molar-refractivity contribution in [2.75, 3.05) is 0 Å². The summed E-state index contributed by atoms with van der Waals surface area (Å²) in [5, 5.41) is 7.37. The van der Waals surface area contributed by atoms with Crippen molar-refractivity contribution in [2.45, 2.75) is 13.1 Å². The van der Waals surface area contributed by atoms with Crippen molar-refractivity contribution in [1.29, 1.82) is 0 Å². The molecule has 0 radical (unpaired) electrons. The van der Waals surface area contributed by atoms with Crippen LogP contribution in [0.1, 0.15) is 21.6 Å². The maximum Gasteiger partial charge on any atom is 0.271 e. The minimum absolute atomic E-state index is 0.110. The smallest absolute Gasteiger partial charge is 0.271 e. The van der Waals surface area contributed by atoms with E-state index < -0.39 is 5.91 Å². The van der Waals surface area contributed by atoms with E-state index >= 15 is 0 Å². The number of nitrogens with one attached hydrogen (secondary N) is 1. The number of hydrogen-bond acceptors (Lipinski definition) is 3. The van der Waals surface area contributed by atoms with Gasteiger partial charge in [0.25, 0.3) is 11.5 Å². The minimum Gasteiger partial charge on any atom is -0.347 e. The molecule has 0 aliphatic rings. The standard InChI is InChI=1S/C19H15ClFN3O2/c20-16-4-2-1-3-14(16)11-22-19(26)17-9-10-18(25)24(23-17)12-13-5-7-15(21)8-6-13/h1-10H,11-12H2,(H,22,26). The first-order valence-electron chi connectivity index (χ1n) is 7.87. The Morgan fingerprint density at radius 3 is 2.54 bits per heavy atom. The van der Waals surface area contributed by atoms with Crippen LogP contribution >= 0.6 is 11.6 Å². The fraction of sp³-hybridized carbons (Fsp3) is 0.105. The zero-order valence-corrected chi connectivity index (χ0v) is 14.4. The number of halogens is 2. The second-order valence-electron chi connectivity index (χ2n) is 5.62. The van der Waals surface area contributed by atoms with Gasteiger partial charge in [-0.05, 0) is 35.4 Å². The van der Waals surface area contributed by atoms with Gasteiger partial charge in [-0.25, -0.2) is 9.07 Å². The summed E-state index contributed by atoms with van der Waals surface area (Å²) in [6.07, 6.45) is 0.